The average molecular weight is 329 g/mol. The summed E-state index contributed by atoms with van der Waals surface area (Å²) in [6.07, 6.45) is 4.51. The normalized spacial score (nSPS) is 17.0. The fraction of sp³-hybridized carbons (Fsp3) is 0.444. The molecule has 0 aliphatic carbocycles. The quantitative estimate of drug-likeness (QED) is 0.854. The SMILES string of the molecule is Cc1ccc(-c2nc(CCNC(=O)NCC3CCCO3)co2)cc1. The Morgan fingerprint density at radius 3 is 2.88 bits per heavy atom. The number of amides is 2. The second kappa shape index (κ2) is 7.97. The largest absolute Gasteiger partial charge is 0.444 e. The zero-order valence-corrected chi connectivity index (χ0v) is 13.9. The number of rotatable bonds is 6. The number of nitrogens with zero attached hydrogens (tertiary/aromatic N) is 1. The second-order valence-corrected chi connectivity index (χ2v) is 6.03. The topological polar surface area (TPSA) is 76.4 Å². The number of aromatic nitrogens is 1. The highest BCUT2D eigenvalue weighted by molar-refractivity contribution is 5.73. The Hall–Kier alpha value is -2.34. The van der Waals surface area contributed by atoms with Gasteiger partial charge in [0.05, 0.1) is 11.8 Å². The molecule has 1 aromatic carbocycles. The summed E-state index contributed by atoms with van der Waals surface area (Å²) in [7, 11) is 0. The number of hydrogen-bond donors (Lipinski definition) is 2. The Morgan fingerprint density at radius 2 is 2.12 bits per heavy atom. The standard InChI is InChI=1S/C18H23N3O3/c1-13-4-6-14(7-5-13)17-21-15(12-24-17)8-9-19-18(22)20-11-16-3-2-10-23-16/h4-7,12,16H,2-3,8-11H2,1H3,(H2,19,20,22). The molecule has 1 unspecified atom stereocenters. The van der Waals surface area contributed by atoms with Crippen LogP contribution in [0.1, 0.15) is 24.1 Å². The van der Waals surface area contributed by atoms with Gasteiger partial charge in [-0.1, -0.05) is 17.7 Å². The molecule has 1 atom stereocenters. The van der Waals surface area contributed by atoms with Crippen molar-refractivity contribution in [1.29, 1.82) is 0 Å². The van der Waals surface area contributed by atoms with Gasteiger partial charge in [0, 0.05) is 31.7 Å². The van der Waals surface area contributed by atoms with E-state index in [-0.39, 0.29) is 12.1 Å². The fourth-order valence-electron chi connectivity index (χ4n) is 2.63. The van der Waals surface area contributed by atoms with Crippen LogP contribution in [0.2, 0.25) is 0 Å². The Balaban J connectivity index is 1.40. The van der Waals surface area contributed by atoms with Gasteiger partial charge in [0.2, 0.25) is 5.89 Å². The number of urea groups is 1. The van der Waals surface area contributed by atoms with Gasteiger partial charge in [0.15, 0.2) is 0 Å². The van der Waals surface area contributed by atoms with Crippen molar-refractivity contribution in [3.8, 4) is 11.5 Å². The van der Waals surface area contributed by atoms with E-state index in [2.05, 4.69) is 15.6 Å². The number of carbonyl (C=O) groups is 1. The third-order valence-electron chi connectivity index (χ3n) is 4.03. The molecule has 1 fully saturated rings. The van der Waals surface area contributed by atoms with Crippen LogP contribution in [0.15, 0.2) is 34.9 Å². The number of hydrogen-bond acceptors (Lipinski definition) is 4. The Labute approximate surface area is 141 Å². The third kappa shape index (κ3) is 4.58. The lowest BCUT2D eigenvalue weighted by molar-refractivity contribution is 0.111. The molecule has 6 nitrogen and oxygen atoms in total. The van der Waals surface area contributed by atoms with Gasteiger partial charge in [-0.3, -0.25) is 0 Å². The van der Waals surface area contributed by atoms with Crippen LogP contribution in [0.25, 0.3) is 11.5 Å². The minimum Gasteiger partial charge on any atom is -0.444 e. The van der Waals surface area contributed by atoms with Gasteiger partial charge in [0.25, 0.3) is 0 Å². The first-order valence-corrected chi connectivity index (χ1v) is 8.35. The van der Waals surface area contributed by atoms with Crippen LogP contribution >= 0.6 is 0 Å². The predicted octanol–water partition coefficient (Wildman–Crippen LogP) is 2.67. The number of nitrogens with one attached hydrogen (secondary N) is 2. The summed E-state index contributed by atoms with van der Waals surface area (Å²) in [6.45, 7) is 3.91. The smallest absolute Gasteiger partial charge is 0.314 e. The van der Waals surface area contributed by atoms with Gasteiger partial charge >= 0.3 is 6.03 Å². The van der Waals surface area contributed by atoms with E-state index >= 15 is 0 Å². The molecule has 1 saturated heterocycles. The molecule has 0 saturated carbocycles. The second-order valence-electron chi connectivity index (χ2n) is 6.03. The first-order valence-electron chi connectivity index (χ1n) is 8.35. The summed E-state index contributed by atoms with van der Waals surface area (Å²) >= 11 is 0. The summed E-state index contributed by atoms with van der Waals surface area (Å²) in [4.78, 5) is 16.2. The van der Waals surface area contributed by atoms with Crippen LogP contribution < -0.4 is 10.6 Å². The van der Waals surface area contributed by atoms with Crippen molar-refractivity contribution in [2.24, 2.45) is 0 Å². The van der Waals surface area contributed by atoms with Crippen molar-refractivity contribution < 1.29 is 13.9 Å². The van der Waals surface area contributed by atoms with Gasteiger partial charge in [-0.05, 0) is 31.9 Å². The lowest BCUT2D eigenvalue weighted by Crippen LogP contribution is -2.40. The first kappa shape index (κ1) is 16.5. The summed E-state index contributed by atoms with van der Waals surface area (Å²) < 4.78 is 11.0. The average Bonchev–Trinajstić information content (AvgIpc) is 3.25. The van der Waals surface area contributed by atoms with Crippen molar-refractivity contribution in [1.82, 2.24) is 15.6 Å². The molecule has 1 aliphatic heterocycles. The highest BCUT2D eigenvalue weighted by Crippen LogP contribution is 2.19. The van der Waals surface area contributed by atoms with Crippen molar-refractivity contribution in [2.45, 2.75) is 32.3 Å². The molecular weight excluding hydrogens is 306 g/mol. The van der Waals surface area contributed by atoms with Crippen molar-refractivity contribution in [2.75, 3.05) is 19.7 Å². The van der Waals surface area contributed by atoms with E-state index < -0.39 is 0 Å². The maximum absolute atomic E-state index is 11.7. The predicted molar refractivity (Wildman–Crippen MR) is 90.8 cm³/mol. The molecule has 0 bridgehead atoms. The van der Waals surface area contributed by atoms with Gasteiger partial charge in [-0.2, -0.15) is 0 Å². The molecule has 2 heterocycles. The van der Waals surface area contributed by atoms with Crippen molar-refractivity contribution in [3.05, 3.63) is 41.8 Å². The van der Waals surface area contributed by atoms with Crippen LogP contribution in [0.4, 0.5) is 4.79 Å². The van der Waals surface area contributed by atoms with Crippen LogP contribution in [0.5, 0.6) is 0 Å². The first-order chi connectivity index (χ1) is 11.7. The van der Waals surface area contributed by atoms with E-state index in [9.17, 15) is 4.79 Å². The monoisotopic (exact) mass is 329 g/mol. The number of ether oxygens (including phenoxy) is 1. The molecular formula is C18H23N3O3. The summed E-state index contributed by atoms with van der Waals surface area (Å²) in [6, 6.07) is 7.86. The summed E-state index contributed by atoms with van der Waals surface area (Å²) in [5.41, 5.74) is 2.97. The maximum atomic E-state index is 11.7. The zero-order chi connectivity index (χ0) is 16.8. The number of benzene rings is 1. The Morgan fingerprint density at radius 1 is 1.29 bits per heavy atom. The van der Waals surface area contributed by atoms with E-state index in [0.717, 1.165) is 30.7 Å². The molecule has 2 aromatic rings. The molecule has 1 aromatic heterocycles. The molecule has 0 radical (unpaired) electrons. The number of carbonyl (C=O) groups excluding carboxylic acids is 1. The van der Waals surface area contributed by atoms with E-state index in [1.807, 2.05) is 31.2 Å². The van der Waals surface area contributed by atoms with Gasteiger partial charge < -0.3 is 19.8 Å². The lowest BCUT2D eigenvalue weighted by Gasteiger charge is -2.11. The molecule has 2 N–H and O–H groups in total. The Bertz CT molecular complexity index is 660. The van der Waals surface area contributed by atoms with Gasteiger partial charge in [-0.25, -0.2) is 9.78 Å². The van der Waals surface area contributed by atoms with Crippen LogP contribution in [0, 0.1) is 6.92 Å². The third-order valence-corrected chi connectivity index (χ3v) is 4.03. The van der Waals surface area contributed by atoms with E-state index in [1.165, 1.54) is 5.56 Å². The molecule has 2 amide bonds. The molecule has 6 heteroatoms. The van der Waals surface area contributed by atoms with E-state index in [0.29, 0.717) is 25.4 Å². The van der Waals surface area contributed by atoms with Crippen LogP contribution in [-0.2, 0) is 11.2 Å². The van der Waals surface area contributed by atoms with Crippen LogP contribution in [-0.4, -0.2) is 36.8 Å². The zero-order valence-electron chi connectivity index (χ0n) is 13.9. The fourth-order valence-corrected chi connectivity index (χ4v) is 2.63. The maximum Gasteiger partial charge on any atom is 0.314 e. The molecule has 3 rings (SSSR count). The molecule has 1 aliphatic rings. The molecule has 24 heavy (non-hydrogen) atoms. The van der Waals surface area contributed by atoms with E-state index in [4.69, 9.17) is 9.15 Å². The number of aryl methyl sites for hydroxylation is 1. The van der Waals surface area contributed by atoms with Crippen molar-refractivity contribution in [3.63, 3.8) is 0 Å². The van der Waals surface area contributed by atoms with Crippen LogP contribution in [0.3, 0.4) is 0 Å². The highest BCUT2D eigenvalue weighted by atomic mass is 16.5. The summed E-state index contributed by atoms with van der Waals surface area (Å²) in [5, 5.41) is 5.65. The minimum atomic E-state index is -0.173. The highest BCUT2D eigenvalue weighted by Gasteiger charge is 2.16. The summed E-state index contributed by atoms with van der Waals surface area (Å²) in [5.74, 6) is 0.604. The van der Waals surface area contributed by atoms with Gasteiger partial charge in [0.1, 0.15) is 6.26 Å². The van der Waals surface area contributed by atoms with Crippen molar-refractivity contribution >= 4 is 6.03 Å². The lowest BCUT2D eigenvalue weighted by atomic mass is 10.1. The Kier molecular flexibility index (Phi) is 5.48. The minimum absolute atomic E-state index is 0.156. The molecule has 128 valence electrons. The molecule has 0 spiro atoms. The van der Waals surface area contributed by atoms with E-state index in [1.54, 1.807) is 6.26 Å². The van der Waals surface area contributed by atoms with Gasteiger partial charge in [-0.15, -0.1) is 0 Å². The number of oxazole rings is 1.